The molecule has 0 N–H and O–H groups in total. The lowest BCUT2D eigenvalue weighted by atomic mass is 9.59. The summed E-state index contributed by atoms with van der Waals surface area (Å²) in [6.45, 7) is 0. The van der Waals surface area contributed by atoms with E-state index in [1.54, 1.807) is 42.5 Å². The van der Waals surface area contributed by atoms with Crippen LogP contribution in [-0.2, 0) is 25.2 Å². The number of allylic oxidation sites excluding steroid dienone is 2. The van der Waals surface area contributed by atoms with Crippen LogP contribution >= 0.6 is 39.1 Å². The lowest BCUT2D eigenvalue weighted by Gasteiger charge is -2.39. The fourth-order valence-electron chi connectivity index (χ4n) is 8.23. The number of carbonyl (C=O) groups is 3. The molecule has 4 nitrogen and oxygen atoms in total. The second-order valence-corrected chi connectivity index (χ2v) is 13.6. The van der Waals surface area contributed by atoms with Crippen molar-refractivity contribution < 1.29 is 14.4 Å². The van der Waals surface area contributed by atoms with Crippen LogP contribution in [-0.4, -0.2) is 17.6 Å². The second-order valence-electron chi connectivity index (χ2n) is 11.9. The van der Waals surface area contributed by atoms with Gasteiger partial charge in [-0.3, -0.25) is 14.4 Å². The van der Waals surface area contributed by atoms with E-state index in [2.05, 4.69) is 15.9 Å². The summed E-state index contributed by atoms with van der Waals surface area (Å²) in [7, 11) is 0. The van der Waals surface area contributed by atoms with Crippen molar-refractivity contribution in [1.82, 2.24) is 0 Å². The Hall–Kier alpha value is -4.29. The predicted octanol–water partition coefficient (Wildman–Crippen LogP) is 8.94. The molecule has 1 saturated carbocycles. The van der Waals surface area contributed by atoms with E-state index >= 15 is 14.4 Å². The molecule has 46 heavy (non-hydrogen) atoms. The smallest absolute Gasteiger partial charge is 0.239 e. The maximum Gasteiger partial charge on any atom is 0.239 e. The molecule has 0 spiro atoms. The van der Waals surface area contributed by atoms with Crippen LogP contribution in [0.1, 0.15) is 22.3 Å². The normalized spacial score (nSPS) is 25.0. The van der Waals surface area contributed by atoms with Crippen molar-refractivity contribution in [2.24, 2.45) is 11.8 Å². The van der Waals surface area contributed by atoms with Crippen LogP contribution in [0.2, 0.25) is 10.0 Å². The highest BCUT2D eigenvalue weighted by Gasteiger charge is 2.82. The van der Waals surface area contributed by atoms with Crippen LogP contribution < -0.4 is 4.90 Å². The molecule has 3 aliphatic rings. The van der Waals surface area contributed by atoms with Gasteiger partial charge in [-0.1, -0.05) is 120 Å². The van der Waals surface area contributed by atoms with Crippen molar-refractivity contribution in [3.63, 3.8) is 0 Å². The Morgan fingerprint density at radius 1 is 0.522 bits per heavy atom. The summed E-state index contributed by atoms with van der Waals surface area (Å²) in [6.07, 6.45) is 0. The van der Waals surface area contributed by atoms with Gasteiger partial charge >= 0.3 is 0 Å². The number of carbonyl (C=O) groups excluding carboxylic acids is 3. The number of para-hydroxylation sites is 1. The number of ketones is 1. The van der Waals surface area contributed by atoms with E-state index in [0.29, 0.717) is 31.3 Å². The molecule has 2 aliphatic carbocycles. The molecule has 224 valence electrons. The minimum Gasteiger partial charge on any atom is -0.297 e. The number of halogens is 3. The van der Waals surface area contributed by atoms with Gasteiger partial charge in [-0.2, -0.15) is 0 Å². The van der Waals surface area contributed by atoms with Gasteiger partial charge < -0.3 is 0 Å². The predicted molar refractivity (Wildman–Crippen MR) is 185 cm³/mol. The van der Waals surface area contributed by atoms with Gasteiger partial charge in [-0.05, 0) is 85.7 Å². The molecule has 2 bridgehead atoms. The summed E-state index contributed by atoms with van der Waals surface area (Å²) >= 11 is 16.4. The summed E-state index contributed by atoms with van der Waals surface area (Å²) in [5.41, 5.74) is 1.71. The number of fused-ring (bicyclic) bond motifs is 5. The number of rotatable bonds is 5. The number of hydrogen-bond acceptors (Lipinski definition) is 3. The quantitative estimate of drug-likeness (QED) is 0.172. The van der Waals surface area contributed by atoms with E-state index < -0.39 is 34.5 Å². The first-order valence-electron chi connectivity index (χ1n) is 14.9. The van der Waals surface area contributed by atoms with Crippen molar-refractivity contribution in [1.29, 1.82) is 0 Å². The summed E-state index contributed by atoms with van der Waals surface area (Å²) in [5.74, 6) is -3.09. The summed E-state index contributed by atoms with van der Waals surface area (Å²) < 4.78 is 0.607. The highest BCUT2D eigenvalue weighted by molar-refractivity contribution is 9.10. The zero-order chi connectivity index (χ0) is 31.8. The Bertz CT molecular complexity index is 1970. The number of hydrogen-bond donors (Lipinski definition) is 0. The summed E-state index contributed by atoms with van der Waals surface area (Å²) in [6, 6.07) is 40.9. The van der Waals surface area contributed by atoms with Gasteiger partial charge in [-0.25, -0.2) is 4.90 Å². The first-order valence-corrected chi connectivity index (χ1v) is 16.4. The lowest BCUT2D eigenvalue weighted by Crippen LogP contribution is -2.45. The Morgan fingerprint density at radius 2 is 0.913 bits per heavy atom. The third-order valence-electron chi connectivity index (χ3n) is 9.81. The van der Waals surface area contributed by atoms with Crippen molar-refractivity contribution in [2.45, 2.75) is 10.8 Å². The number of anilines is 1. The van der Waals surface area contributed by atoms with Crippen LogP contribution in [0.25, 0.3) is 11.1 Å². The number of benzene rings is 5. The molecular formula is C39H24BrCl2NO3. The number of imide groups is 1. The van der Waals surface area contributed by atoms with E-state index in [1.165, 1.54) is 4.90 Å². The summed E-state index contributed by atoms with van der Waals surface area (Å²) in [4.78, 5) is 47.3. The van der Waals surface area contributed by atoms with Gasteiger partial charge in [0.15, 0.2) is 5.78 Å². The monoisotopic (exact) mass is 703 g/mol. The molecule has 0 aromatic heterocycles. The average Bonchev–Trinajstić information content (AvgIpc) is 3.58. The molecule has 8 rings (SSSR count). The molecule has 1 heterocycles. The van der Waals surface area contributed by atoms with Crippen molar-refractivity contribution in [3.05, 3.63) is 170 Å². The third-order valence-corrected chi connectivity index (χ3v) is 11.0. The highest BCUT2D eigenvalue weighted by Crippen LogP contribution is 2.74. The van der Waals surface area contributed by atoms with Gasteiger partial charge in [0.2, 0.25) is 11.8 Å². The van der Waals surface area contributed by atoms with Gasteiger partial charge in [0.25, 0.3) is 0 Å². The van der Waals surface area contributed by atoms with E-state index in [0.717, 1.165) is 22.3 Å². The maximum absolute atomic E-state index is 15.9. The van der Waals surface area contributed by atoms with Gasteiger partial charge in [0, 0.05) is 14.5 Å². The lowest BCUT2D eigenvalue weighted by molar-refractivity contribution is -0.130. The van der Waals surface area contributed by atoms with Crippen LogP contribution in [0.3, 0.4) is 0 Å². The zero-order valence-corrected chi connectivity index (χ0v) is 27.3. The molecule has 7 heteroatoms. The molecule has 5 aromatic rings. The fraction of sp³-hybridized carbons (Fsp3) is 0.103. The molecule has 1 aliphatic heterocycles. The van der Waals surface area contributed by atoms with Gasteiger partial charge in [0.1, 0.15) is 0 Å². The Balaban J connectivity index is 1.57. The number of amides is 2. The van der Waals surface area contributed by atoms with E-state index in [9.17, 15) is 0 Å². The minimum absolute atomic E-state index is 0.203. The minimum atomic E-state index is -1.51. The third kappa shape index (κ3) is 3.71. The van der Waals surface area contributed by atoms with Gasteiger partial charge in [-0.15, -0.1) is 0 Å². The van der Waals surface area contributed by atoms with E-state index in [4.69, 9.17) is 23.2 Å². The summed E-state index contributed by atoms with van der Waals surface area (Å²) in [5, 5.41) is 1.00. The zero-order valence-electron chi connectivity index (χ0n) is 24.2. The fourth-order valence-corrected chi connectivity index (χ4v) is 8.94. The van der Waals surface area contributed by atoms with E-state index in [-0.39, 0.29) is 5.78 Å². The maximum atomic E-state index is 15.9. The SMILES string of the molecule is O=C1[C@H]2[C@H](C(=O)N1c1ccccc1Br)[C@]1(c3ccc(Cl)cc3)C(=O)[C@]2(c2ccc(Cl)cc2)C(c2ccccc2)=C1c1ccccc1. The first kappa shape index (κ1) is 29.1. The Morgan fingerprint density at radius 3 is 1.33 bits per heavy atom. The van der Waals surface area contributed by atoms with Crippen LogP contribution in [0.4, 0.5) is 5.69 Å². The molecule has 5 aromatic carbocycles. The number of nitrogens with zero attached hydrogens (tertiary/aromatic N) is 1. The molecule has 0 radical (unpaired) electrons. The van der Waals surface area contributed by atoms with E-state index in [1.807, 2.05) is 91.0 Å². The van der Waals surface area contributed by atoms with Crippen LogP contribution in [0, 0.1) is 11.8 Å². The standard InChI is InChI=1S/C39H24BrCl2NO3/c40-29-13-7-8-14-30(29)43-35(44)33-34(36(43)45)39(26-17-21-28(42)22-18-26)32(24-11-5-2-6-12-24)31(23-9-3-1-4-10-23)38(33,37(39)46)25-15-19-27(41)20-16-25/h1-22,33-34H/t33-,34-,38-,39-/m1/s1. The molecular weight excluding hydrogens is 681 g/mol. The van der Waals surface area contributed by atoms with Crippen molar-refractivity contribution in [2.75, 3.05) is 4.90 Å². The van der Waals surface area contributed by atoms with Crippen molar-refractivity contribution >= 4 is 73.6 Å². The molecule has 2 amide bonds. The molecule has 4 atom stereocenters. The second kappa shape index (κ2) is 10.6. The first-order chi connectivity index (χ1) is 22.3. The topological polar surface area (TPSA) is 54.5 Å². The Labute approximate surface area is 284 Å². The molecule has 1 saturated heterocycles. The highest BCUT2D eigenvalue weighted by atomic mass is 79.9. The molecule has 2 fully saturated rings. The Kier molecular flexibility index (Phi) is 6.73. The van der Waals surface area contributed by atoms with Crippen LogP contribution in [0.5, 0.6) is 0 Å². The van der Waals surface area contributed by atoms with Crippen LogP contribution in [0.15, 0.2) is 138 Å². The molecule has 0 unspecified atom stereocenters. The number of Topliss-reactive ketones (excluding diaryl/α,β-unsaturated/α-hetero) is 1. The largest absolute Gasteiger partial charge is 0.297 e. The van der Waals surface area contributed by atoms with Gasteiger partial charge in [0.05, 0.1) is 28.4 Å². The van der Waals surface area contributed by atoms with Crippen molar-refractivity contribution in [3.8, 4) is 0 Å². The average molecular weight is 705 g/mol.